The highest BCUT2D eigenvalue weighted by atomic mass is 16.2. The molecule has 100 valence electrons. The highest BCUT2D eigenvalue weighted by molar-refractivity contribution is 5.80. The zero-order chi connectivity index (χ0) is 13.1. The fourth-order valence-corrected chi connectivity index (χ4v) is 2.12. The molecule has 1 fully saturated rings. The van der Waals surface area contributed by atoms with Crippen LogP contribution in [0.5, 0.6) is 0 Å². The third-order valence-corrected chi connectivity index (χ3v) is 3.34. The van der Waals surface area contributed by atoms with Gasteiger partial charge in [0.1, 0.15) is 0 Å². The van der Waals surface area contributed by atoms with Crippen molar-refractivity contribution in [2.24, 2.45) is 13.0 Å². The molecular weight excluding hydrogens is 228 g/mol. The second kappa shape index (κ2) is 5.52. The molecule has 2 N–H and O–H groups in total. The number of aryl methyl sites for hydroxylation is 2. The number of aromatic nitrogens is 2. The predicted octanol–water partition coefficient (Wildman–Crippen LogP) is 0.905. The van der Waals surface area contributed by atoms with Gasteiger partial charge in [0.25, 0.3) is 0 Å². The summed E-state index contributed by atoms with van der Waals surface area (Å²) in [7, 11) is 1.93. The van der Waals surface area contributed by atoms with E-state index in [1.165, 1.54) is 5.56 Å². The lowest BCUT2D eigenvalue weighted by molar-refractivity contribution is -0.122. The Morgan fingerprint density at radius 2 is 2.28 bits per heavy atom. The number of hydrogen-bond donors (Lipinski definition) is 2. The van der Waals surface area contributed by atoms with Crippen molar-refractivity contribution in [1.82, 2.24) is 20.4 Å². The van der Waals surface area contributed by atoms with Gasteiger partial charge in [-0.2, -0.15) is 5.10 Å². The first-order valence-corrected chi connectivity index (χ1v) is 6.59. The molecule has 2 rings (SSSR count). The second-order valence-corrected chi connectivity index (χ2v) is 5.08. The van der Waals surface area contributed by atoms with Crippen LogP contribution in [0.1, 0.15) is 37.1 Å². The Morgan fingerprint density at radius 3 is 2.83 bits per heavy atom. The maximum atomic E-state index is 11.4. The molecule has 18 heavy (non-hydrogen) atoms. The molecule has 0 bridgehead atoms. The Morgan fingerprint density at radius 1 is 1.56 bits per heavy atom. The standard InChI is InChI=1S/C13H22N4O/c1-9(12-8-17(3)16-10(12)2)14-6-7-15-13(18)11-4-5-11/h8-9,11,14H,4-7H2,1-3H3,(H,15,18). The number of carbonyl (C=O) groups excluding carboxylic acids is 1. The van der Waals surface area contributed by atoms with Gasteiger partial charge in [0.15, 0.2) is 0 Å². The largest absolute Gasteiger partial charge is 0.355 e. The van der Waals surface area contributed by atoms with E-state index in [2.05, 4.69) is 22.7 Å². The van der Waals surface area contributed by atoms with Crippen LogP contribution in [0.3, 0.4) is 0 Å². The number of nitrogens with one attached hydrogen (secondary N) is 2. The van der Waals surface area contributed by atoms with Crippen molar-refractivity contribution in [2.75, 3.05) is 13.1 Å². The van der Waals surface area contributed by atoms with Gasteiger partial charge in [-0.3, -0.25) is 9.48 Å². The summed E-state index contributed by atoms with van der Waals surface area (Å²) in [5.41, 5.74) is 2.27. The minimum atomic E-state index is 0.210. The number of nitrogens with zero attached hydrogens (tertiary/aromatic N) is 2. The first-order chi connectivity index (χ1) is 8.58. The lowest BCUT2D eigenvalue weighted by atomic mass is 10.1. The molecule has 1 heterocycles. The molecule has 1 unspecified atom stereocenters. The van der Waals surface area contributed by atoms with Crippen molar-refractivity contribution in [1.29, 1.82) is 0 Å². The molecule has 1 aromatic heterocycles. The molecule has 1 aromatic rings. The normalized spacial score (nSPS) is 16.6. The molecule has 1 amide bonds. The smallest absolute Gasteiger partial charge is 0.223 e. The van der Waals surface area contributed by atoms with Crippen LogP contribution in [0.2, 0.25) is 0 Å². The van der Waals surface area contributed by atoms with Crippen LogP contribution in [0.4, 0.5) is 0 Å². The van der Waals surface area contributed by atoms with Gasteiger partial charge in [-0.05, 0) is 26.7 Å². The van der Waals surface area contributed by atoms with Crippen LogP contribution in [-0.4, -0.2) is 28.8 Å². The van der Waals surface area contributed by atoms with Gasteiger partial charge < -0.3 is 10.6 Å². The summed E-state index contributed by atoms with van der Waals surface area (Å²) < 4.78 is 1.83. The molecule has 1 aliphatic rings. The zero-order valence-electron chi connectivity index (χ0n) is 11.4. The lowest BCUT2D eigenvalue weighted by Gasteiger charge is -2.13. The van der Waals surface area contributed by atoms with Crippen LogP contribution in [0, 0.1) is 12.8 Å². The minimum Gasteiger partial charge on any atom is -0.355 e. The average molecular weight is 250 g/mol. The summed E-state index contributed by atoms with van der Waals surface area (Å²) in [6.45, 7) is 5.61. The Labute approximate surface area is 108 Å². The van der Waals surface area contributed by atoms with E-state index in [0.717, 1.165) is 25.1 Å². The molecule has 5 nitrogen and oxygen atoms in total. The maximum Gasteiger partial charge on any atom is 0.223 e. The van der Waals surface area contributed by atoms with Crippen LogP contribution < -0.4 is 10.6 Å². The van der Waals surface area contributed by atoms with E-state index in [4.69, 9.17) is 0 Å². The third kappa shape index (κ3) is 3.32. The van der Waals surface area contributed by atoms with E-state index in [1.54, 1.807) is 0 Å². The Kier molecular flexibility index (Phi) is 4.01. The fraction of sp³-hybridized carbons (Fsp3) is 0.692. The fourth-order valence-electron chi connectivity index (χ4n) is 2.12. The molecular formula is C13H22N4O. The average Bonchev–Trinajstić information content (AvgIpc) is 3.10. The summed E-state index contributed by atoms with van der Waals surface area (Å²) in [4.78, 5) is 11.4. The van der Waals surface area contributed by atoms with Crippen LogP contribution in [0.25, 0.3) is 0 Å². The van der Waals surface area contributed by atoms with Crippen molar-refractivity contribution in [3.8, 4) is 0 Å². The number of hydrogen-bond acceptors (Lipinski definition) is 3. The summed E-state index contributed by atoms with van der Waals surface area (Å²) >= 11 is 0. The summed E-state index contributed by atoms with van der Waals surface area (Å²) in [6, 6.07) is 0.261. The van der Waals surface area contributed by atoms with Gasteiger partial charge in [0, 0.05) is 43.9 Å². The summed E-state index contributed by atoms with van der Waals surface area (Å²) in [5.74, 6) is 0.505. The summed E-state index contributed by atoms with van der Waals surface area (Å²) in [6.07, 6.45) is 4.16. The number of rotatable bonds is 6. The first-order valence-electron chi connectivity index (χ1n) is 6.59. The van der Waals surface area contributed by atoms with E-state index >= 15 is 0 Å². The third-order valence-electron chi connectivity index (χ3n) is 3.34. The van der Waals surface area contributed by atoms with Gasteiger partial charge in [-0.1, -0.05) is 0 Å². The van der Waals surface area contributed by atoms with Crippen molar-refractivity contribution in [3.05, 3.63) is 17.5 Å². The quantitative estimate of drug-likeness (QED) is 0.738. The Bertz CT molecular complexity index is 423. The highest BCUT2D eigenvalue weighted by Gasteiger charge is 2.28. The molecule has 5 heteroatoms. The second-order valence-electron chi connectivity index (χ2n) is 5.08. The van der Waals surface area contributed by atoms with Crippen LogP contribution in [0.15, 0.2) is 6.20 Å². The first kappa shape index (κ1) is 13.1. The molecule has 0 spiro atoms. The lowest BCUT2D eigenvalue weighted by Crippen LogP contribution is -2.33. The van der Waals surface area contributed by atoms with Crippen molar-refractivity contribution in [3.63, 3.8) is 0 Å². The van der Waals surface area contributed by atoms with Crippen LogP contribution >= 0.6 is 0 Å². The Balaban J connectivity index is 1.69. The van der Waals surface area contributed by atoms with Crippen molar-refractivity contribution < 1.29 is 4.79 Å². The summed E-state index contributed by atoms with van der Waals surface area (Å²) in [5, 5.41) is 10.7. The zero-order valence-corrected chi connectivity index (χ0v) is 11.4. The van der Waals surface area contributed by atoms with Crippen molar-refractivity contribution in [2.45, 2.75) is 32.7 Å². The minimum absolute atomic E-state index is 0.210. The van der Waals surface area contributed by atoms with E-state index in [1.807, 2.05) is 24.9 Å². The molecule has 1 atom stereocenters. The predicted molar refractivity (Wildman–Crippen MR) is 70.1 cm³/mol. The highest BCUT2D eigenvalue weighted by Crippen LogP contribution is 2.28. The molecule has 0 saturated heterocycles. The van der Waals surface area contributed by atoms with E-state index in [-0.39, 0.29) is 11.9 Å². The van der Waals surface area contributed by atoms with Gasteiger partial charge in [-0.15, -0.1) is 0 Å². The van der Waals surface area contributed by atoms with Gasteiger partial charge in [-0.25, -0.2) is 0 Å². The molecule has 1 saturated carbocycles. The Hall–Kier alpha value is -1.36. The topological polar surface area (TPSA) is 59.0 Å². The molecule has 0 radical (unpaired) electrons. The molecule has 0 aliphatic heterocycles. The molecule has 1 aliphatic carbocycles. The number of amides is 1. The van der Waals surface area contributed by atoms with E-state index in [9.17, 15) is 4.79 Å². The number of carbonyl (C=O) groups is 1. The van der Waals surface area contributed by atoms with Gasteiger partial charge >= 0.3 is 0 Å². The maximum absolute atomic E-state index is 11.4. The van der Waals surface area contributed by atoms with Gasteiger partial charge in [0.2, 0.25) is 5.91 Å². The SMILES string of the molecule is Cc1nn(C)cc1C(C)NCCNC(=O)C1CC1. The van der Waals surface area contributed by atoms with Gasteiger partial charge in [0.05, 0.1) is 5.69 Å². The molecule has 0 aromatic carbocycles. The monoisotopic (exact) mass is 250 g/mol. The van der Waals surface area contributed by atoms with Crippen LogP contribution in [-0.2, 0) is 11.8 Å². The van der Waals surface area contributed by atoms with E-state index < -0.39 is 0 Å². The van der Waals surface area contributed by atoms with Crippen molar-refractivity contribution >= 4 is 5.91 Å². The van der Waals surface area contributed by atoms with E-state index in [0.29, 0.717) is 12.5 Å².